The molecule has 18 heavy (non-hydrogen) atoms. The van der Waals surface area contributed by atoms with Crippen molar-refractivity contribution in [2.45, 2.75) is 6.92 Å². The van der Waals surface area contributed by atoms with Gasteiger partial charge >= 0.3 is 5.97 Å². The summed E-state index contributed by atoms with van der Waals surface area (Å²) in [6.45, 7) is 2.06. The molecule has 0 amide bonds. The summed E-state index contributed by atoms with van der Waals surface area (Å²) >= 11 is 1.69. The van der Waals surface area contributed by atoms with Gasteiger partial charge < -0.3 is 9.47 Å². The number of methoxy groups -OCH3 is 2. The van der Waals surface area contributed by atoms with Crippen LogP contribution in [0.15, 0.2) is 29.8 Å². The lowest BCUT2D eigenvalue weighted by molar-refractivity contribution is -0.135. The second-order valence-electron chi connectivity index (χ2n) is 3.57. The Balaban J connectivity index is 2.87. The standard InChI is InChI=1S/C14H18O3S/c1-4-18-10-12(14(15)17-3)9-11-5-7-13(16-2)8-6-11/h5-9H,4,10H2,1-3H3/b12-9-. The first kappa shape index (κ1) is 14.6. The molecular weight excluding hydrogens is 248 g/mol. The second-order valence-corrected chi connectivity index (χ2v) is 4.85. The second kappa shape index (κ2) is 7.82. The number of thioether (sulfide) groups is 1. The fourth-order valence-electron chi connectivity index (χ4n) is 1.40. The Kier molecular flexibility index (Phi) is 6.36. The Hall–Kier alpha value is -1.42. The van der Waals surface area contributed by atoms with Crippen molar-refractivity contribution in [2.24, 2.45) is 0 Å². The molecule has 4 heteroatoms. The number of hydrogen-bond acceptors (Lipinski definition) is 4. The third-order valence-electron chi connectivity index (χ3n) is 2.37. The summed E-state index contributed by atoms with van der Waals surface area (Å²) in [5, 5.41) is 0. The van der Waals surface area contributed by atoms with Crippen LogP contribution in [0.2, 0.25) is 0 Å². The van der Waals surface area contributed by atoms with Gasteiger partial charge in [0.2, 0.25) is 0 Å². The van der Waals surface area contributed by atoms with Crippen LogP contribution in [0, 0.1) is 0 Å². The Morgan fingerprint density at radius 3 is 2.44 bits per heavy atom. The van der Waals surface area contributed by atoms with Crippen LogP contribution in [-0.4, -0.2) is 31.7 Å². The fourth-order valence-corrected chi connectivity index (χ4v) is 2.03. The average Bonchev–Trinajstić information content (AvgIpc) is 2.43. The molecule has 0 heterocycles. The highest BCUT2D eigenvalue weighted by Gasteiger charge is 2.09. The van der Waals surface area contributed by atoms with Gasteiger partial charge in [0.05, 0.1) is 14.2 Å². The minimum absolute atomic E-state index is 0.272. The van der Waals surface area contributed by atoms with Gasteiger partial charge in [0.25, 0.3) is 0 Å². The van der Waals surface area contributed by atoms with E-state index in [9.17, 15) is 4.79 Å². The molecule has 0 aromatic heterocycles. The minimum atomic E-state index is -0.272. The van der Waals surface area contributed by atoms with E-state index in [0.29, 0.717) is 11.3 Å². The molecule has 1 rings (SSSR count). The van der Waals surface area contributed by atoms with Crippen molar-refractivity contribution in [3.05, 3.63) is 35.4 Å². The van der Waals surface area contributed by atoms with E-state index in [4.69, 9.17) is 9.47 Å². The molecule has 0 aliphatic carbocycles. The van der Waals surface area contributed by atoms with E-state index in [2.05, 4.69) is 6.92 Å². The fraction of sp³-hybridized carbons (Fsp3) is 0.357. The van der Waals surface area contributed by atoms with Gasteiger partial charge in [0.1, 0.15) is 5.75 Å². The summed E-state index contributed by atoms with van der Waals surface area (Å²) in [6, 6.07) is 7.57. The normalized spacial score (nSPS) is 11.2. The van der Waals surface area contributed by atoms with Crippen molar-refractivity contribution in [3.8, 4) is 5.75 Å². The van der Waals surface area contributed by atoms with Crippen LogP contribution < -0.4 is 4.74 Å². The lowest BCUT2D eigenvalue weighted by Gasteiger charge is -2.05. The Labute approximate surface area is 112 Å². The summed E-state index contributed by atoms with van der Waals surface area (Å²) in [6.07, 6.45) is 1.86. The summed E-state index contributed by atoms with van der Waals surface area (Å²) < 4.78 is 9.87. The van der Waals surface area contributed by atoms with Gasteiger partial charge in [-0.25, -0.2) is 4.79 Å². The van der Waals surface area contributed by atoms with Gasteiger partial charge in [-0.3, -0.25) is 0 Å². The zero-order chi connectivity index (χ0) is 13.4. The number of rotatable bonds is 6. The highest BCUT2D eigenvalue weighted by Crippen LogP contribution is 2.17. The Morgan fingerprint density at radius 2 is 1.94 bits per heavy atom. The molecule has 0 N–H and O–H groups in total. The van der Waals surface area contributed by atoms with E-state index >= 15 is 0 Å². The molecule has 0 spiro atoms. The third-order valence-corrected chi connectivity index (χ3v) is 3.29. The molecule has 0 aliphatic rings. The first-order valence-electron chi connectivity index (χ1n) is 5.72. The van der Waals surface area contributed by atoms with E-state index in [1.165, 1.54) is 7.11 Å². The van der Waals surface area contributed by atoms with Crippen molar-refractivity contribution < 1.29 is 14.3 Å². The Bertz CT molecular complexity index is 410. The molecule has 0 atom stereocenters. The van der Waals surface area contributed by atoms with Gasteiger partial charge in [0, 0.05) is 11.3 Å². The van der Waals surface area contributed by atoms with E-state index in [-0.39, 0.29) is 5.97 Å². The maximum Gasteiger partial charge on any atom is 0.334 e. The van der Waals surface area contributed by atoms with E-state index in [0.717, 1.165) is 17.1 Å². The smallest absolute Gasteiger partial charge is 0.334 e. The SMILES string of the molecule is CCSC/C(=C/c1ccc(OC)cc1)C(=O)OC. The number of ether oxygens (including phenoxy) is 2. The summed E-state index contributed by atoms with van der Waals surface area (Å²) in [7, 11) is 3.03. The maximum atomic E-state index is 11.6. The summed E-state index contributed by atoms with van der Waals surface area (Å²) in [4.78, 5) is 11.6. The van der Waals surface area contributed by atoms with E-state index in [1.54, 1.807) is 18.9 Å². The molecule has 0 saturated carbocycles. The van der Waals surface area contributed by atoms with Crippen molar-refractivity contribution in [3.63, 3.8) is 0 Å². The maximum absolute atomic E-state index is 11.6. The van der Waals surface area contributed by atoms with Crippen LogP contribution in [0.5, 0.6) is 5.75 Å². The van der Waals surface area contributed by atoms with Crippen molar-refractivity contribution in [1.82, 2.24) is 0 Å². The van der Waals surface area contributed by atoms with Crippen molar-refractivity contribution in [1.29, 1.82) is 0 Å². The highest BCUT2D eigenvalue weighted by molar-refractivity contribution is 7.99. The zero-order valence-corrected chi connectivity index (χ0v) is 11.8. The predicted molar refractivity (Wildman–Crippen MR) is 76.0 cm³/mol. The molecule has 0 saturated heterocycles. The molecule has 0 radical (unpaired) electrons. The molecule has 1 aromatic rings. The monoisotopic (exact) mass is 266 g/mol. The average molecular weight is 266 g/mol. The zero-order valence-electron chi connectivity index (χ0n) is 10.9. The van der Waals surface area contributed by atoms with Crippen molar-refractivity contribution in [2.75, 3.05) is 25.7 Å². The number of esters is 1. The molecule has 0 unspecified atom stereocenters. The molecule has 98 valence electrons. The first-order valence-corrected chi connectivity index (χ1v) is 6.87. The lowest BCUT2D eigenvalue weighted by atomic mass is 10.1. The lowest BCUT2D eigenvalue weighted by Crippen LogP contribution is -2.07. The van der Waals surface area contributed by atoms with Crippen molar-refractivity contribution >= 4 is 23.8 Å². The van der Waals surface area contributed by atoms with Gasteiger partial charge in [-0.15, -0.1) is 0 Å². The van der Waals surface area contributed by atoms with Gasteiger partial charge in [-0.05, 0) is 29.5 Å². The molecule has 0 fully saturated rings. The highest BCUT2D eigenvalue weighted by atomic mass is 32.2. The number of hydrogen-bond donors (Lipinski definition) is 0. The molecule has 3 nitrogen and oxygen atoms in total. The van der Waals surface area contributed by atoms with Crippen LogP contribution >= 0.6 is 11.8 Å². The number of carbonyl (C=O) groups is 1. The van der Waals surface area contributed by atoms with Gasteiger partial charge in [0.15, 0.2) is 0 Å². The minimum Gasteiger partial charge on any atom is -0.497 e. The predicted octanol–water partition coefficient (Wildman–Crippen LogP) is 3.00. The van der Waals surface area contributed by atoms with Crippen LogP contribution in [0.1, 0.15) is 12.5 Å². The van der Waals surface area contributed by atoms with E-state index in [1.807, 2.05) is 30.3 Å². The summed E-state index contributed by atoms with van der Waals surface area (Å²) in [5.41, 5.74) is 1.64. The Morgan fingerprint density at radius 1 is 1.28 bits per heavy atom. The molecular formula is C14H18O3S. The van der Waals surface area contributed by atoms with E-state index < -0.39 is 0 Å². The topological polar surface area (TPSA) is 35.5 Å². The molecule has 1 aromatic carbocycles. The van der Waals surface area contributed by atoms with Gasteiger partial charge in [-0.1, -0.05) is 19.1 Å². The van der Waals surface area contributed by atoms with Crippen LogP contribution in [0.25, 0.3) is 6.08 Å². The largest absolute Gasteiger partial charge is 0.497 e. The quantitative estimate of drug-likeness (QED) is 0.586. The van der Waals surface area contributed by atoms with Crippen LogP contribution in [0.4, 0.5) is 0 Å². The van der Waals surface area contributed by atoms with Gasteiger partial charge in [-0.2, -0.15) is 11.8 Å². The first-order chi connectivity index (χ1) is 8.71. The van der Waals surface area contributed by atoms with Crippen LogP contribution in [0.3, 0.4) is 0 Å². The van der Waals surface area contributed by atoms with Crippen LogP contribution in [-0.2, 0) is 9.53 Å². The third kappa shape index (κ3) is 4.45. The summed E-state index contributed by atoms with van der Waals surface area (Å²) in [5.74, 6) is 2.16. The molecule has 0 aliphatic heterocycles. The molecule has 0 bridgehead atoms. The number of carbonyl (C=O) groups excluding carboxylic acids is 1. The number of benzene rings is 1.